The van der Waals surface area contributed by atoms with E-state index in [2.05, 4.69) is 28.3 Å². The smallest absolute Gasteiger partial charge is 0.326 e. The molecule has 3 aromatic rings. The second-order valence-electron chi connectivity index (χ2n) is 8.59. The van der Waals surface area contributed by atoms with Crippen LogP contribution in [0.15, 0.2) is 58.1 Å². The van der Waals surface area contributed by atoms with E-state index >= 15 is 0 Å². The van der Waals surface area contributed by atoms with Crippen molar-refractivity contribution in [2.75, 3.05) is 12.4 Å². The lowest BCUT2D eigenvalue weighted by molar-refractivity contribution is -0.116. The van der Waals surface area contributed by atoms with Crippen LogP contribution >= 0.6 is 0 Å². The van der Waals surface area contributed by atoms with Gasteiger partial charge in [0.15, 0.2) is 0 Å². The summed E-state index contributed by atoms with van der Waals surface area (Å²) < 4.78 is 1.44. The number of nitrogens with zero attached hydrogens (tertiary/aromatic N) is 2. The largest absolute Gasteiger partial charge is 0.328 e. The highest BCUT2D eigenvalue weighted by molar-refractivity contribution is 5.91. The molecule has 0 aliphatic heterocycles. The van der Waals surface area contributed by atoms with Crippen molar-refractivity contribution in [2.24, 2.45) is 0 Å². The molecule has 0 spiro atoms. The predicted octanol–water partition coefficient (Wildman–Crippen LogP) is 3.48. The number of hydrogen-bond donors (Lipinski definition) is 2. The third-order valence-corrected chi connectivity index (χ3v) is 6.38. The van der Waals surface area contributed by atoms with Crippen molar-refractivity contribution < 1.29 is 4.79 Å². The Morgan fingerprint density at radius 2 is 1.78 bits per heavy atom. The third kappa shape index (κ3) is 4.99. The number of aromatic nitrogens is 2. The molecule has 0 bridgehead atoms. The third-order valence-electron chi connectivity index (χ3n) is 6.38. The zero-order chi connectivity index (χ0) is 22.5. The van der Waals surface area contributed by atoms with E-state index in [9.17, 15) is 14.4 Å². The van der Waals surface area contributed by atoms with Crippen LogP contribution in [0.5, 0.6) is 0 Å². The fourth-order valence-corrected chi connectivity index (χ4v) is 4.59. The summed E-state index contributed by atoms with van der Waals surface area (Å²) in [5.41, 5.74) is 1.50. The van der Waals surface area contributed by atoms with Crippen LogP contribution in [-0.2, 0) is 17.9 Å². The van der Waals surface area contributed by atoms with Crippen molar-refractivity contribution in [1.82, 2.24) is 14.5 Å². The number of fused-ring (bicyclic) bond motifs is 1. The van der Waals surface area contributed by atoms with E-state index in [1.807, 2.05) is 18.2 Å². The van der Waals surface area contributed by atoms with Crippen molar-refractivity contribution in [3.8, 4) is 0 Å². The Bertz CT molecular complexity index is 1210. The van der Waals surface area contributed by atoms with E-state index in [1.165, 1.54) is 36.7 Å². The van der Waals surface area contributed by atoms with Crippen LogP contribution in [0.2, 0.25) is 0 Å². The number of carbonyl (C=O) groups excluding carboxylic acids is 1. The van der Waals surface area contributed by atoms with Crippen LogP contribution in [0.1, 0.15) is 44.1 Å². The normalized spacial score (nSPS) is 14.7. The highest BCUT2D eigenvalue weighted by Gasteiger charge is 2.19. The zero-order valence-electron chi connectivity index (χ0n) is 18.5. The van der Waals surface area contributed by atoms with Gasteiger partial charge in [-0.05, 0) is 43.7 Å². The first-order valence-electron chi connectivity index (χ1n) is 11.3. The second-order valence-corrected chi connectivity index (χ2v) is 8.59. The maximum Gasteiger partial charge on any atom is 0.328 e. The number of aromatic amines is 1. The summed E-state index contributed by atoms with van der Waals surface area (Å²) in [6.45, 7) is 0.969. The van der Waals surface area contributed by atoms with Crippen molar-refractivity contribution in [3.63, 3.8) is 0 Å². The van der Waals surface area contributed by atoms with Gasteiger partial charge in [0.1, 0.15) is 0 Å². The molecule has 0 saturated heterocycles. The number of benzene rings is 2. The lowest BCUT2D eigenvalue weighted by atomic mass is 9.94. The fraction of sp³-hybridized carbons (Fsp3) is 0.400. The standard InChI is InChI=1S/C25H30N4O3/c1-28(19-10-3-2-4-11-19)17-18-9-5-7-13-21(18)26-23(30)15-16-29-22-14-8-6-12-20(22)24(31)27-25(29)32/h5-9,12-14,19H,2-4,10-11,15-17H2,1H3,(H,26,30)(H,27,31,32). The lowest BCUT2D eigenvalue weighted by Gasteiger charge is -2.31. The van der Waals surface area contributed by atoms with Crippen LogP contribution in [0.4, 0.5) is 5.69 Å². The molecule has 4 rings (SSSR count). The predicted molar refractivity (Wildman–Crippen MR) is 127 cm³/mol. The van der Waals surface area contributed by atoms with Gasteiger partial charge in [0.25, 0.3) is 5.56 Å². The number of carbonyl (C=O) groups is 1. The molecule has 1 aromatic heterocycles. The zero-order valence-corrected chi connectivity index (χ0v) is 18.5. The number of para-hydroxylation sites is 2. The lowest BCUT2D eigenvalue weighted by Crippen LogP contribution is -2.33. The minimum atomic E-state index is -0.504. The molecule has 0 unspecified atom stereocenters. The van der Waals surface area contributed by atoms with Gasteiger partial charge >= 0.3 is 5.69 Å². The highest BCUT2D eigenvalue weighted by atomic mass is 16.2. The van der Waals surface area contributed by atoms with Gasteiger partial charge in [-0.2, -0.15) is 0 Å². The van der Waals surface area contributed by atoms with Crippen molar-refractivity contribution in [1.29, 1.82) is 0 Å². The Morgan fingerprint density at radius 1 is 1.06 bits per heavy atom. The summed E-state index contributed by atoms with van der Waals surface area (Å²) in [5, 5.41) is 3.45. The van der Waals surface area contributed by atoms with Crippen LogP contribution in [0.25, 0.3) is 10.9 Å². The highest BCUT2D eigenvalue weighted by Crippen LogP contribution is 2.25. The number of anilines is 1. The molecule has 168 valence electrons. The van der Waals surface area contributed by atoms with Gasteiger partial charge in [-0.15, -0.1) is 0 Å². The Kier molecular flexibility index (Phi) is 6.85. The fourth-order valence-electron chi connectivity index (χ4n) is 4.59. The quantitative estimate of drug-likeness (QED) is 0.596. The van der Waals surface area contributed by atoms with Gasteiger partial charge in [-0.1, -0.05) is 49.6 Å². The molecule has 0 atom stereocenters. The first-order chi connectivity index (χ1) is 15.5. The Hall–Kier alpha value is -3.19. The average Bonchev–Trinajstić information content (AvgIpc) is 2.81. The molecule has 1 amide bonds. The van der Waals surface area contributed by atoms with E-state index in [0.717, 1.165) is 17.8 Å². The van der Waals surface area contributed by atoms with Gasteiger partial charge in [-0.3, -0.25) is 24.0 Å². The second kappa shape index (κ2) is 9.96. The van der Waals surface area contributed by atoms with Gasteiger partial charge in [0.05, 0.1) is 10.9 Å². The molecule has 1 heterocycles. The van der Waals surface area contributed by atoms with Crippen molar-refractivity contribution in [3.05, 3.63) is 74.9 Å². The van der Waals surface area contributed by atoms with E-state index in [-0.39, 0.29) is 18.9 Å². The van der Waals surface area contributed by atoms with Crippen LogP contribution < -0.4 is 16.6 Å². The first kappa shape index (κ1) is 22.0. The van der Waals surface area contributed by atoms with Crippen LogP contribution in [0.3, 0.4) is 0 Å². The Morgan fingerprint density at radius 3 is 2.59 bits per heavy atom. The minimum Gasteiger partial charge on any atom is -0.326 e. The molecule has 1 aliphatic rings. The summed E-state index contributed by atoms with van der Waals surface area (Å²) >= 11 is 0. The number of hydrogen-bond acceptors (Lipinski definition) is 4. The first-order valence-corrected chi connectivity index (χ1v) is 11.3. The van der Waals surface area contributed by atoms with Gasteiger partial charge < -0.3 is 5.32 Å². The monoisotopic (exact) mass is 434 g/mol. The van der Waals surface area contributed by atoms with E-state index in [1.54, 1.807) is 24.3 Å². The SMILES string of the molecule is CN(Cc1ccccc1NC(=O)CCn1c(=O)[nH]c(=O)c2ccccc21)C1CCCCC1. The van der Waals surface area contributed by atoms with Gasteiger partial charge in [0.2, 0.25) is 5.91 Å². The van der Waals surface area contributed by atoms with Gasteiger partial charge in [0, 0.05) is 31.2 Å². The maximum atomic E-state index is 12.7. The number of aryl methyl sites for hydroxylation is 1. The number of amides is 1. The van der Waals surface area contributed by atoms with E-state index < -0.39 is 11.2 Å². The number of nitrogens with one attached hydrogen (secondary N) is 2. The molecule has 7 heteroatoms. The Balaban J connectivity index is 1.44. The molecule has 1 saturated carbocycles. The van der Waals surface area contributed by atoms with Crippen LogP contribution in [-0.4, -0.2) is 33.4 Å². The Labute approximate surface area is 187 Å². The van der Waals surface area contributed by atoms with Crippen molar-refractivity contribution >= 4 is 22.5 Å². The molecule has 1 aliphatic carbocycles. The maximum absolute atomic E-state index is 12.7. The van der Waals surface area contributed by atoms with E-state index in [4.69, 9.17) is 0 Å². The number of rotatable bonds is 7. The average molecular weight is 435 g/mol. The molecule has 2 N–H and O–H groups in total. The molecule has 1 fully saturated rings. The molecule has 7 nitrogen and oxygen atoms in total. The number of H-pyrrole nitrogens is 1. The minimum absolute atomic E-state index is 0.128. The topological polar surface area (TPSA) is 87.2 Å². The summed E-state index contributed by atoms with van der Waals surface area (Å²) in [6.07, 6.45) is 6.48. The molecular weight excluding hydrogens is 404 g/mol. The van der Waals surface area contributed by atoms with Crippen LogP contribution in [0, 0.1) is 0 Å². The molecule has 2 aromatic carbocycles. The molecular formula is C25H30N4O3. The van der Waals surface area contributed by atoms with Gasteiger partial charge in [-0.25, -0.2) is 4.79 Å². The summed E-state index contributed by atoms with van der Waals surface area (Å²) in [6, 6.07) is 15.4. The molecule has 32 heavy (non-hydrogen) atoms. The summed E-state index contributed by atoms with van der Waals surface area (Å²) in [5.74, 6) is -0.167. The van der Waals surface area contributed by atoms with E-state index in [0.29, 0.717) is 16.9 Å². The summed E-state index contributed by atoms with van der Waals surface area (Å²) in [4.78, 5) is 41.8. The summed E-state index contributed by atoms with van der Waals surface area (Å²) in [7, 11) is 2.16. The van der Waals surface area contributed by atoms with Crippen molar-refractivity contribution in [2.45, 2.75) is 57.7 Å². The molecule has 0 radical (unpaired) electrons.